The molecule has 0 saturated heterocycles. The standard InChI is InChI=1S/C11H10F6N2O2S/c12-10(13,14)6-4-7(5-6)19-22(20,21)9-8(11(15,16)17)2-1-3-18-9/h1-3,6-7,19H,4-5H2. The van der Waals surface area contributed by atoms with Crippen LogP contribution >= 0.6 is 0 Å². The fourth-order valence-corrected chi connectivity index (χ4v) is 3.49. The second-order valence-electron chi connectivity index (χ2n) is 4.88. The molecule has 1 aromatic heterocycles. The number of hydrogen-bond donors (Lipinski definition) is 1. The summed E-state index contributed by atoms with van der Waals surface area (Å²) in [6.45, 7) is 0. The van der Waals surface area contributed by atoms with E-state index in [-0.39, 0.29) is 0 Å². The summed E-state index contributed by atoms with van der Waals surface area (Å²) >= 11 is 0. The van der Waals surface area contributed by atoms with Crippen LogP contribution in [0.15, 0.2) is 23.4 Å². The normalized spacial score (nSPS) is 23.2. The third kappa shape index (κ3) is 3.51. The number of nitrogens with one attached hydrogen (secondary N) is 1. The lowest BCUT2D eigenvalue weighted by molar-refractivity contribution is -0.197. The highest BCUT2D eigenvalue weighted by Crippen LogP contribution is 2.41. The number of hydrogen-bond acceptors (Lipinski definition) is 3. The van der Waals surface area contributed by atoms with Gasteiger partial charge in [-0.1, -0.05) is 0 Å². The molecule has 1 aliphatic carbocycles. The van der Waals surface area contributed by atoms with Crippen LogP contribution in [0.4, 0.5) is 26.3 Å². The summed E-state index contributed by atoms with van der Waals surface area (Å²) in [5.74, 6) is -1.65. The molecule has 0 radical (unpaired) electrons. The fraction of sp³-hybridized carbons (Fsp3) is 0.545. The lowest BCUT2D eigenvalue weighted by Crippen LogP contribution is -2.49. The van der Waals surface area contributed by atoms with E-state index in [9.17, 15) is 34.8 Å². The van der Waals surface area contributed by atoms with Crippen LogP contribution in [-0.2, 0) is 16.2 Å². The molecule has 0 atom stereocenters. The molecule has 0 unspecified atom stereocenters. The van der Waals surface area contributed by atoms with Crippen LogP contribution in [-0.4, -0.2) is 25.6 Å². The molecular weight excluding hydrogens is 338 g/mol. The van der Waals surface area contributed by atoms with Gasteiger partial charge < -0.3 is 0 Å². The molecule has 0 aliphatic heterocycles. The van der Waals surface area contributed by atoms with E-state index in [1.807, 2.05) is 4.72 Å². The van der Waals surface area contributed by atoms with E-state index < -0.39 is 57.8 Å². The van der Waals surface area contributed by atoms with Gasteiger partial charge in [-0.15, -0.1) is 0 Å². The average Bonchev–Trinajstić information content (AvgIpc) is 2.31. The predicted molar refractivity (Wildman–Crippen MR) is 62.1 cm³/mol. The summed E-state index contributed by atoms with van der Waals surface area (Å²) in [4.78, 5) is 3.20. The van der Waals surface area contributed by atoms with E-state index >= 15 is 0 Å². The van der Waals surface area contributed by atoms with E-state index in [0.29, 0.717) is 6.07 Å². The van der Waals surface area contributed by atoms with Crippen molar-refractivity contribution in [2.24, 2.45) is 5.92 Å². The number of halogens is 6. The summed E-state index contributed by atoms with van der Waals surface area (Å²) in [6, 6.07) is 0.408. The van der Waals surface area contributed by atoms with E-state index in [1.54, 1.807) is 0 Å². The topological polar surface area (TPSA) is 59.1 Å². The van der Waals surface area contributed by atoms with Gasteiger partial charge in [0.15, 0.2) is 5.03 Å². The van der Waals surface area contributed by atoms with Gasteiger partial charge >= 0.3 is 12.4 Å². The van der Waals surface area contributed by atoms with Gasteiger partial charge in [0.2, 0.25) is 0 Å². The maximum Gasteiger partial charge on any atom is 0.419 e. The Bertz CT molecular complexity index is 649. The van der Waals surface area contributed by atoms with E-state index in [4.69, 9.17) is 0 Å². The predicted octanol–water partition coefficient (Wildman–Crippen LogP) is 2.72. The van der Waals surface area contributed by atoms with E-state index in [1.165, 1.54) is 0 Å². The Kier molecular flexibility index (Phi) is 4.15. The van der Waals surface area contributed by atoms with Crippen LogP contribution < -0.4 is 4.72 Å². The minimum atomic E-state index is -4.94. The second kappa shape index (κ2) is 5.37. The van der Waals surface area contributed by atoms with Crippen molar-refractivity contribution >= 4 is 10.0 Å². The molecule has 1 heterocycles. The summed E-state index contributed by atoms with van der Waals surface area (Å²) in [5.41, 5.74) is -1.46. The molecular formula is C11H10F6N2O2S. The van der Waals surface area contributed by atoms with Gasteiger partial charge in [-0.2, -0.15) is 26.3 Å². The highest BCUT2D eigenvalue weighted by molar-refractivity contribution is 7.89. The first-order valence-electron chi connectivity index (χ1n) is 6.02. The van der Waals surface area contributed by atoms with Gasteiger partial charge in [0.25, 0.3) is 10.0 Å². The zero-order chi connectivity index (χ0) is 16.8. The fourth-order valence-electron chi connectivity index (χ4n) is 2.08. The van der Waals surface area contributed by atoms with Crippen molar-refractivity contribution in [1.29, 1.82) is 0 Å². The van der Waals surface area contributed by atoms with Crippen LogP contribution in [0.25, 0.3) is 0 Å². The summed E-state index contributed by atoms with van der Waals surface area (Å²) < 4.78 is 101. The Hall–Kier alpha value is -1.36. The highest BCUT2D eigenvalue weighted by atomic mass is 32.2. The van der Waals surface area contributed by atoms with Crippen molar-refractivity contribution in [3.8, 4) is 0 Å². The van der Waals surface area contributed by atoms with Crippen molar-refractivity contribution in [2.45, 2.75) is 36.3 Å². The minimum absolute atomic E-state index is 0.503. The van der Waals surface area contributed by atoms with Gasteiger partial charge in [-0.05, 0) is 25.0 Å². The third-order valence-electron chi connectivity index (χ3n) is 3.25. The van der Waals surface area contributed by atoms with Crippen LogP contribution in [0.2, 0.25) is 0 Å². The molecule has 4 nitrogen and oxygen atoms in total. The number of sulfonamides is 1. The number of nitrogens with zero attached hydrogens (tertiary/aromatic N) is 1. The van der Waals surface area contributed by atoms with Crippen LogP contribution in [0.1, 0.15) is 18.4 Å². The first kappa shape index (κ1) is 17.0. The maximum atomic E-state index is 12.7. The van der Waals surface area contributed by atoms with Gasteiger partial charge in [-0.3, -0.25) is 0 Å². The third-order valence-corrected chi connectivity index (χ3v) is 4.73. The number of alkyl halides is 6. The first-order valence-corrected chi connectivity index (χ1v) is 7.51. The molecule has 2 rings (SSSR count). The summed E-state index contributed by atoms with van der Waals surface area (Å²) in [5, 5.41) is -1.24. The zero-order valence-electron chi connectivity index (χ0n) is 10.7. The summed E-state index contributed by atoms with van der Waals surface area (Å²) in [6.07, 6.45) is -9.52. The highest BCUT2D eigenvalue weighted by Gasteiger charge is 2.49. The maximum absolute atomic E-state index is 12.7. The van der Waals surface area contributed by atoms with Crippen LogP contribution in [0, 0.1) is 5.92 Å². The Labute approximate surface area is 121 Å². The second-order valence-corrected chi connectivity index (χ2v) is 6.51. The molecule has 0 amide bonds. The van der Waals surface area contributed by atoms with Gasteiger partial charge in [0.05, 0.1) is 11.5 Å². The van der Waals surface area contributed by atoms with Gasteiger partial charge in [0, 0.05) is 12.2 Å². The SMILES string of the molecule is O=S(=O)(NC1CC(C(F)(F)F)C1)c1ncccc1C(F)(F)F. The Morgan fingerprint density at radius 2 is 1.73 bits per heavy atom. The molecule has 1 saturated carbocycles. The van der Waals surface area contributed by atoms with Gasteiger partial charge in [0.1, 0.15) is 0 Å². The molecule has 1 aromatic rings. The van der Waals surface area contributed by atoms with Crippen LogP contribution in [0.5, 0.6) is 0 Å². The average molecular weight is 348 g/mol. The van der Waals surface area contributed by atoms with Crippen molar-refractivity contribution in [2.75, 3.05) is 0 Å². The molecule has 124 valence electrons. The van der Waals surface area contributed by atoms with Crippen molar-refractivity contribution in [3.63, 3.8) is 0 Å². The first-order chi connectivity index (χ1) is 9.91. The number of rotatable bonds is 3. The Balaban J connectivity index is 2.17. The molecule has 22 heavy (non-hydrogen) atoms. The minimum Gasteiger partial charge on any atom is -0.243 e. The van der Waals surface area contributed by atoms with E-state index in [2.05, 4.69) is 4.98 Å². The molecule has 1 aliphatic rings. The lowest BCUT2D eigenvalue weighted by atomic mass is 9.80. The Morgan fingerprint density at radius 1 is 1.14 bits per heavy atom. The Morgan fingerprint density at radius 3 is 2.23 bits per heavy atom. The molecule has 1 N–H and O–H groups in total. The molecule has 0 aromatic carbocycles. The number of pyridine rings is 1. The number of aromatic nitrogens is 1. The van der Waals surface area contributed by atoms with Gasteiger partial charge in [-0.25, -0.2) is 18.1 Å². The quantitative estimate of drug-likeness (QED) is 0.855. The van der Waals surface area contributed by atoms with Crippen molar-refractivity contribution in [3.05, 3.63) is 23.9 Å². The van der Waals surface area contributed by atoms with Crippen molar-refractivity contribution in [1.82, 2.24) is 9.71 Å². The monoisotopic (exact) mass is 348 g/mol. The lowest BCUT2D eigenvalue weighted by Gasteiger charge is -2.36. The van der Waals surface area contributed by atoms with E-state index in [0.717, 1.165) is 12.3 Å². The van der Waals surface area contributed by atoms with Crippen molar-refractivity contribution < 1.29 is 34.8 Å². The molecule has 11 heteroatoms. The zero-order valence-corrected chi connectivity index (χ0v) is 11.6. The van der Waals surface area contributed by atoms with Crippen LogP contribution in [0.3, 0.4) is 0 Å². The smallest absolute Gasteiger partial charge is 0.243 e. The molecule has 0 bridgehead atoms. The summed E-state index contributed by atoms with van der Waals surface area (Å²) in [7, 11) is -4.65. The largest absolute Gasteiger partial charge is 0.419 e. The molecule has 1 fully saturated rings. The molecule has 0 spiro atoms.